The first kappa shape index (κ1) is 39.4. The number of nitro groups is 2. The van der Waals surface area contributed by atoms with Gasteiger partial charge in [0.15, 0.2) is 11.2 Å². The molecule has 6 aromatic rings. The minimum Gasteiger partial charge on any atom is -0.375 e. The van der Waals surface area contributed by atoms with Crippen LogP contribution < -0.4 is 11.5 Å². The van der Waals surface area contributed by atoms with Crippen molar-refractivity contribution in [2.24, 2.45) is 11.5 Å². The lowest BCUT2D eigenvalue weighted by molar-refractivity contribution is -0.384. The summed E-state index contributed by atoms with van der Waals surface area (Å²) in [6, 6.07) is 24.8. The molecule has 4 aromatic carbocycles. The maximum atomic E-state index is 13.5. The van der Waals surface area contributed by atoms with E-state index in [9.17, 15) is 56.8 Å². The van der Waals surface area contributed by atoms with Crippen LogP contribution in [0.4, 0.5) is 37.7 Å². The predicted molar refractivity (Wildman–Crippen MR) is 186 cm³/mol. The molecule has 6 rings (SSSR count). The van der Waals surface area contributed by atoms with Crippen LogP contribution in [0, 0.1) is 20.2 Å². The van der Waals surface area contributed by atoms with Crippen molar-refractivity contribution < 1.29 is 46.4 Å². The molecule has 0 aliphatic heterocycles. The Hall–Kier alpha value is -5.82. The van der Waals surface area contributed by atoms with Crippen LogP contribution in [0.1, 0.15) is 22.3 Å². The second-order valence-electron chi connectivity index (χ2n) is 12.4. The van der Waals surface area contributed by atoms with Gasteiger partial charge in [-0.05, 0) is 23.3 Å². The Balaban J connectivity index is 0.000000208. The van der Waals surface area contributed by atoms with Crippen molar-refractivity contribution in [1.82, 2.24) is 9.13 Å². The lowest BCUT2D eigenvalue weighted by Crippen LogP contribution is -2.48. The van der Waals surface area contributed by atoms with Crippen LogP contribution in [0.5, 0.6) is 0 Å². The standard InChI is InChI=1S/2C18H16F3N3O3/c2*19-18(20,21)17(25,11-22)15-10-23(9-12-4-2-1-3-5-12)16-8-13(24(26)27)6-7-14(15)16/h2*1-8,10,25H,9,11,22H2. The third-order valence-corrected chi connectivity index (χ3v) is 8.96. The highest BCUT2D eigenvalue weighted by Gasteiger charge is 2.56. The number of halogens is 6. The summed E-state index contributed by atoms with van der Waals surface area (Å²) in [4.78, 5) is 20.9. The Morgan fingerprint density at radius 1 is 0.574 bits per heavy atom. The normalized spacial score (nSPS) is 14.3. The average Bonchev–Trinajstić information content (AvgIpc) is 3.68. The van der Waals surface area contributed by atoms with Crippen molar-refractivity contribution in [1.29, 1.82) is 0 Å². The molecule has 2 aromatic heterocycles. The number of benzene rings is 4. The van der Waals surface area contributed by atoms with Gasteiger partial charge in [-0.2, -0.15) is 26.3 Å². The number of alkyl halides is 6. The number of hydrogen-bond donors (Lipinski definition) is 4. The van der Waals surface area contributed by atoms with Crippen molar-refractivity contribution in [2.75, 3.05) is 13.1 Å². The molecule has 0 saturated carbocycles. The lowest BCUT2D eigenvalue weighted by atomic mass is 9.93. The number of nitrogens with zero attached hydrogens (tertiary/aromatic N) is 4. The number of fused-ring (bicyclic) bond motifs is 2. The van der Waals surface area contributed by atoms with Crippen LogP contribution >= 0.6 is 0 Å². The molecule has 0 fully saturated rings. The van der Waals surface area contributed by atoms with Crippen molar-refractivity contribution in [2.45, 2.75) is 36.6 Å². The third-order valence-electron chi connectivity index (χ3n) is 8.96. The molecule has 284 valence electrons. The quantitative estimate of drug-likeness (QED) is 0.0682. The minimum atomic E-state index is -5.00. The number of aromatic nitrogens is 2. The highest BCUT2D eigenvalue weighted by atomic mass is 19.4. The molecule has 0 bridgehead atoms. The minimum absolute atomic E-state index is 0.0572. The van der Waals surface area contributed by atoms with E-state index < -0.39 is 57.6 Å². The van der Waals surface area contributed by atoms with Gasteiger partial charge in [0.2, 0.25) is 0 Å². The predicted octanol–water partition coefficient (Wildman–Crippen LogP) is 6.61. The van der Waals surface area contributed by atoms with Crippen LogP contribution in [0.2, 0.25) is 0 Å². The molecule has 2 heterocycles. The van der Waals surface area contributed by atoms with Gasteiger partial charge in [0, 0.05) is 84.7 Å². The first-order valence-corrected chi connectivity index (χ1v) is 16.0. The molecular weight excluding hydrogens is 726 g/mol. The topological polar surface area (TPSA) is 189 Å². The van der Waals surface area contributed by atoms with Crippen molar-refractivity contribution in [3.63, 3.8) is 0 Å². The highest BCUT2D eigenvalue weighted by molar-refractivity contribution is 5.88. The maximum Gasteiger partial charge on any atom is 0.422 e. The summed E-state index contributed by atoms with van der Waals surface area (Å²) in [6.07, 6.45) is -7.70. The number of hydrogen-bond acceptors (Lipinski definition) is 8. The van der Waals surface area contributed by atoms with E-state index in [1.165, 1.54) is 33.4 Å². The fraction of sp³-hybridized carbons (Fsp3) is 0.222. The molecule has 0 amide bonds. The van der Waals surface area contributed by atoms with Gasteiger partial charge in [-0.1, -0.05) is 60.7 Å². The van der Waals surface area contributed by atoms with Crippen LogP contribution in [0.3, 0.4) is 0 Å². The molecule has 0 aliphatic carbocycles. The van der Waals surface area contributed by atoms with Crippen LogP contribution in [-0.2, 0) is 24.3 Å². The zero-order valence-electron chi connectivity index (χ0n) is 28.0. The van der Waals surface area contributed by atoms with E-state index in [1.54, 1.807) is 60.7 Å². The van der Waals surface area contributed by atoms with Crippen LogP contribution in [-0.4, -0.2) is 54.6 Å². The molecule has 54 heavy (non-hydrogen) atoms. The molecule has 0 saturated heterocycles. The summed E-state index contributed by atoms with van der Waals surface area (Å²) in [6.45, 7) is -1.79. The van der Waals surface area contributed by atoms with Crippen molar-refractivity contribution >= 4 is 33.2 Å². The van der Waals surface area contributed by atoms with Gasteiger partial charge in [-0.25, -0.2) is 0 Å². The fourth-order valence-electron chi connectivity index (χ4n) is 6.03. The van der Waals surface area contributed by atoms with E-state index in [0.29, 0.717) is 0 Å². The number of aliphatic hydroxyl groups is 2. The summed E-state index contributed by atoms with van der Waals surface area (Å²) in [5.74, 6) is 0. The number of rotatable bonds is 10. The summed E-state index contributed by atoms with van der Waals surface area (Å²) in [5, 5.41) is 42.8. The Bertz CT molecular complexity index is 2130. The van der Waals surface area contributed by atoms with Crippen molar-refractivity contribution in [3.05, 3.63) is 152 Å². The molecule has 2 unspecified atom stereocenters. The summed E-state index contributed by atoms with van der Waals surface area (Å²) in [5.41, 5.74) is 4.62. The van der Waals surface area contributed by atoms with Crippen LogP contribution in [0.25, 0.3) is 21.8 Å². The largest absolute Gasteiger partial charge is 0.422 e. The Morgan fingerprint density at radius 3 is 1.19 bits per heavy atom. The molecule has 0 aliphatic rings. The zero-order valence-corrected chi connectivity index (χ0v) is 28.0. The second-order valence-corrected chi connectivity index (χ2v) is 12.4. The van der Waals surface area contributed by atoms with Gasteiger partial charge in [-0.15, -0.1) is 0 Å². The molecule has 0 spiro atoms. The smallest absolute Gasteiger partial charge is 0.375 e. The van der Waals surface area contributed by atoms with Gasteiger partial charge in [0.25, 0.3) is 11.4 Å². The molecule has 0 radical (unpaired) electrons. The van der Waals surface area contributed by atoms with Gasteiger partial charge in [0.1, 0.15) is 0 Å². The zero-order chi connectivity index (χ0) is 39.6. The van der Waals surface area contributed by atoms with Gasteiger partial charge < -0.3 is 30.8 Å². The third kappa shape index (κ3) is 7.49. The second kappa shape index (κ2) is 14.9. The lowest BCUT2D eigenvalue weighted by Gasteiger charge is -2.28. The first-order chi connectivity index (χ1) is 25.3. The van der Waals surface area contributed by atoms with Gasteiger partial charge in [0.05, 0.1) is 20.9 Å². The molecule has 12 nitrogen and oxygen atoms in total. The molecule has 6 N–H and O–H groups in total. The highest BCUT2D eigenvalue weighted by Crippen LogP contribution is 2.44. The number of nitro benzene ring substituents is 2. The average molecular weight is 759 g/mol. The van der Waals surface area contributed by atoms with Gasteiger partial charge >= 0.3 is 12.4 Å². The van der Waals surface area contributed by atoms with E-state index >= 15 is 0 Å². The molecule has 18 heteroatoms. The Labute approximate surface area is 301 Å². The van der Waals surface area contributed by atoms with E-state index in [2.05, 4.69) is 0 Å². The molecular formula is C36H32F6N6O6. The van der Waals surface area contributed by atoms with Gasteiger partial charge in [-0.3, -0.25) is 20.2 Å². The van der Waals surface area contributed by atoms with E-state index in [1.807, 2.05) is 0 Å². The summed E-state index contributed by atoms with van der Waals surface area (Å²) in [7, 11) is 0. The summed E-state index contributed by atoms with van der Waals surface area (Å²) >= 11 is 0. The Morgan fingerprint density at radius 2 is 0.907 bits per heavy atom. The fourth-order valence-corrected chi connectivity index (χ4v) is 6.03. The van der Waals surface area contributed by atoms with E-state index in [0.717, 1.165) is 35.7 Å². The van der Waals surface area contributed by atoms with Crippen molar-refractivity contribution in [3.8, 4) is 0 Å². The maximum absolute atomic E-state index is 13.5. The van der Waals surface area contributed by atoms with E-state index in [-0.39, 0.29) is 46.3 Å². The number of nitrogens with two attached hydrogens (primary N) is 2. The monoisotopic (exact) mass is 758 g/mol. The number of non-ortho nitro benzene ring substituents is 2. The van der Waals surface area contributed by atoms with Crippen LogP contribution in [0.15, 0.2) is 109 Å². The Kier molecular flexibility index (Phi) is 10.9. The molecule has 2 atom stereocenters. The first-order valence-electron chi connectivity index (χ1n) is 16.0. The summed E-state index contributed by atoms with van der Waals surface area (Å²) < 4.78 is 84.0. The van der Waals surface area contributed by atoms with E-state index in [4.69, 9.17) is 11.5 Å². The SMILES string of the molecule is NCC(O)(c1cn(Cc2ccccc2)c2cc([N+](=O)[O-])ccc12)C(F)(F)F.NCC(O)(c1cn(Cc2ccccc2)c2cc([N+](=O)[O-])ccc12)C(F)(F)F.